The number of imidazole rings is 1. The third-order valence-electron chi connectivity index (χ3n) is 3.67. The van der Waals surface area contributed by atoms with Crippen molar-refractivity contribution in [3.63, 3.8) is 0 Å². The summed E-state index contributed by atoms with van der Waals surface area (Å²) in [7, 11) is 0. The standard InChI is InChI=1S/C13H15F2N3/c14-8-5-9(15)12-10(6-8)17-11(18-12)7-13(16)3-1-2-4-13/h5-6H,1-4,7,16H2,(H,17,18). The van der Waals surface area contributed by atoms with E-state index in [1.54, 1.807) is 0 Å². The minimum Gasteiger partial charge on any atom is -0.342 e. The van der Waals surface area contributed by atoms with E-state index in [-0.39, 0.29) is 11.1 Å². The van der Waals surface area contributed by atoms with E-state index < -0.39 is 11.6 Å². The third kappa shape index (κ3) is 1.99. The van der Waals surface area contributed by atoms with Gasteiger partial charge in [-0.15, -0.1) is 0 Å². The van der Waals surface area contributed by atoms with E-state index in [0.717, 1.165) is 31.7 Å². The topological polar surface area (TPSA) is 54.7 Å². The van der Waals surface area contributed by atoms with Gasteiger partial charge in [-0.2, -0.15) is 0 Å². The zero-order valence-electron chi connectivity index (χ0n) is 9.97. The molecule has 3 N–H and O–H groups in total. The number of nitrogens with zero attached hydrogens (tertiary/aromatic N) is 1. The highest BCUT2D eigenvalue weighted by atomic mass is 19.1. The molecule has 18 heavy (non-hydrogen) atoms. The number of hydrogen-bond donors (Lipinski definition) is 2. The Morgan fingerprint density at radius 2 is 2.00 bits per heavy atom. The van der Waals surface area contributed by atoms with Crippen molar-refractivity contribution in [2.45, 2.75) is 37.6 Å². The molecule has 0 unspecified atom stereocenters. The molecule has 0 amide bonds. The fourth-order valence-electron chi connectivity index (χ4n) is 2.77. The van der Waals surface area contributed by atoms with Crippen molar-refractivity contribution < 1.29 is 8.78 Å². The van der Waals surface area contributed by atoms with Crippen molar-refractivity contribution in [1.29, 1.82) is 0 Å². The molecule has 0 atom stereocenters. The molecule has 0 spiro atoms. The molecule has 1 aliphatic carbocycles. The maximum absolute atomic E-state index is 13.5. The number of aromatic nitrogens is 2. The Morgan fingerprint density at radius 3 is 2.72 bits per heavy atom. The molecule has 1 aromatic heterocycles. The second-order valence-corrected chi connectivity index (χ2v) is 5.21. The lowest BCUT2D eigenvalue weighted by atomic mass is 9.94. The molecule has 0 aliphatic heterocycles. The summed E-state index contributed by atoms with van der Waals surface area (Å²) in [5, 5.41) is 0. The molecule has 3 rings (SSSR count). The lowest BCUT2D eigenvalue weighted by molar-refractivity contribution is 0.428. The van der Waals surface area contributed by atoms with Crippen molar-refractivity contribution in [2.24, 2.45) is 5.73 Å². The van der Waals surface area contributed by atoms with Gasteiger partial charge in [0.05, 0.1) is 5.52 Å². The second-order valence-electron chi connectivity index (χ2n) is 5.21. The first-order valence-corrected chi connectivity index (χ1v) is 6.18. The van der Waals surface area contributed by atoms with Gasteiger partial charge in [0.25, 0.3) is 0 Å². The lowest BCUT2D eigenvalue weighted by Gasteiger charge is -2.21. The van der Waals surface area contributed by atoms with Gasteiger partial charge in [-0.25, -0.2) is 13.8 Å². The smallest absolute Gasteiger partial charge is 0.153 e. The summed E-state index contributed by atoms with van der Waals surface area (Å²) in [4.78, 5) is 7.14. The molecule has 0 saturated heterocycles. The summed E-state index contributed by atoms with van der Waals surface area (Å²) in [5.74, 6) is -0.595. The molecule has 1 saturated carbocycles. The van der Waals surface area contributed by atoms with Crippen LogP contribution in [0.1, 0.15) is 31.5 Å². The normalized spacial score (nSPS) is 18.6. The predicted octanol–water partition coefficient (Wildman–Crippen LogP) is 2.66. The van der Waals surface area contributed by atoms with Gasteiger partial charge < -0.3 is 10.7 Å². The molecule has 3 nitrogen and oxygen atoms in total. The fourth-order valence-corrected chi connectivity index (χ4v) is 2.77. The van der Waals surface area contributed by atoms with E-state index in [2.05, 4.69) is 9.97 Å². The largest absolute Gasteiger partial charge is 0.342 e. The van der Waals surface area contributed by atoms with Gasteiger partial charge in [-0.3, -0.25) is 0 Å². The first kappa shape index (κ1) is 11.6. The van der Waals surface area contributed by atoms with Crippen LogP contribution in [0.25, 0.3) is 11.0 Å². The van der Waals surface area contributed by atoms with E-state index in [4.69, 9.17) is 5.73 Å². The third-order valence-corrected chi connectivity index (χ3v) is 3.67. The van der Waals surface area contributed by atoms with Gasteiger partial charge in [-0.05, 0) is 18.9 Å². The van der Waals surface area contributed by atoms with Crippen LogP contribution in [0.3, 0.4) is 0 Å². The molecular weight excluding hydrogens is 236 g/mol. The van der Waals surface area contributed by atoms with Gasteiger partial charge in [-0.1, -0.05) is 12.8 Å². The van der Waals surface area contributed by atoms with Crippen LogP contribution in [-0.2, 0) is 6.42 Å². The van der Waals surface area contributed by atoms with Crippen LogP contribution in [0.4, 0.5) is 8.78 Å². The van der Waals surface area contributed by atoms with Gasteiger partial charge in [0.15, 0.2) is 5.82 Å². The second kappa shape index (κ2) is 4.02. The Bertz CT molecular complexity index is 585. The number of H-pyrrole nitrogens is 1. The summed E-state index contributed by atoms with van der Waals surface area (Å²) < 4.78 is 26.6. The van der Waals surface area contributed by atoms with Crippen LogP contribution in [-0.4, -0.2) is 15.5 Å². The lowest BCUT2D eigenvalue weighted by Crippen LogP contribution is -2.39. The zero-order chi connectivity index (χ0) is 12.8. The fraction of sp³-hybridized carbons (Fsp3) is 0.462. The van der Waals surface area contributed by atoms with E-state index in [1.807, 2.05) is 0 Å². The summed E-state index contributed by atoms with van der Waals surface area (Å²) in [6, 6.07) is 2.10. The van der Waals surface area contributed by atoms with Crippen LogP contribution in [0, 0.1) is 11.6 Å². The number of rotatable bonds is 2. The van der Waals surface area contributed by atoms with Crippen LogP contribution in [0.15, 0.2) is 12.1 Å². The van der Waals surface area contributed by atoms with Crippen LogP contribution < -0.4 is 5.73 Å². The highest BCUT2D eigenvalue weighted by Gasteiger charge is 2.30. The van der Waals surface area contributed by atoms with Crippen LogP contribution >= 0.6 is 0 Å². The number of aromatic amines is 1. The van der Waals surface area contributed by atoms with Crippen molar-refractivity contribution in [2.75, 3.05) is 0 Å². The maximum Gasteiger partial charge on any atom is 0.153 e. The predicted molar refractivity (Wildman–Crippen MR) is 65.1 cm³/mol. The SMILES string of the molecule is NC1(Cc2nc3c(F)cc(F)cc3[nH]2)CCCC1. The number of fused-ring (bicyclic) bond motifs is 1. The highest BCUT2D eigenvalue weighted by molar-refractivity contribution is 5.75. The van der Waals surface area contributed by atoms with Crippen LogP contribution in [0.2, 0.25) is 0 Å². The summed E-state index contributed by atoms with van der Waals surface area (Å²) in [6.07, 6.45) is 4.75. The van der Waals surface area contributed by atoms with Crippen molar-refractivity contribution in [1.82, 2.24) is 9.97 Å². The Kier molecular flexibility index (Phi) is 2.59. The van der Waals surface area contributed by atoms with Gasteiger partial charge in [0.1, 0.15) is 17.2 Å². The van der Waals surface area contributed by atoms with Crippen molar-refractivity contribution in [3.05, 3.63) is 29.6 Å². The monoisotopic (exact) mass is 251 g/mol. The van der Waals surface area contributed by atoms with E-state index in [0.29, 0.717) is 17.8 Å². The first-order chi connectivity index (χ1) is 8.56. The number of nitrogens with one attached hydrogen (secondary N) is 1. The molecule has 5 heteroatoms. The van der Waals surface area contributed by atoms with Gasteiger partial charge >= 0.3 is 0 Å². The summed E-state index contributed by atoms with van der Waals surface area (Å²) in [6.45, 7) is 0. The van der Waals surface area contributed by atoms with Crippen molar-refractivity contribution >= 4 is 11.0 Å². The van der Waals surface area contributed by atoms with Gasteiger partial charge in [0.2, 0.25) is 0 Å². The number of halogens is 2. The molecule has 1 fully saturated rings. The maximum atomic E-state index is 13.5. The number of hydrogen-bond acceptors (Lipinski definition) is 2. The molecule has 0 bridgehead atoms. The quantitative estimate of drug-likeness (QED) is 0.862. The molecule has 1 heterocycles. The Hall–Kier alpha value is -1.49. The minimum atomic E-state index is -0.634. The Balaban J connectivity index is 1.96. The van der Waals surface area contributed by atoms with E-state index in [9.17, 15) is 8.78 Å². The summed E-state index contributed by atoms with van der Waals surface area (Å²) >= 11 is 0. The van der Waals surface area contributed by atoms with E-state index >= 15 is 0 Å². The molecule has 1 aliphatic rings. The van der Waals surface area contributed by atoms with Crippen molar-refractivity contribution in [3.8, 4) is 0 Å². The van der Waals surface area contributed by atoms with Gasteiger partial charge in [0, 0.05) is 18.0 Å². The van der Waals surface area contributed by atoms with Crippen LogP contribution in [0.5, 0.6) is 0 Å². The average molecular weight is 251 g/mol. The average Bonchev–Trinajstić information content (AvgIpc) is 2.85. The summed E-state index contributed by atoms with van der Waals surface area (Å²) in [5.41, 5.74) is 6.59. The highest BCUT2D eigenvalue weighted by Crippen LogP contribution is 2.30. The molecule has 96 valence electrons. The minimum absolute atomic E-state index is 0.188. The number of nitrogens with two attached hydrogens (primary N) is 1. The molecule has 0 radical (unpaired) electrons. The number of benzene rings is 1. The zero-order valence-corrected chi connectivity index (χ0v) is 9.97. The molecule has 1 aromatic carbocycles. The molecular formula is C13H15F2N3. The Labute approximate surface area is 103 Å². The first-order valence-electron chi connectivity index (χ1n) is 6.18. The Morgan fingerprint density at radius 1 is 1.28 bits per heavy atom. The van der Waals surface area contributed by atoms with E-state index in [1.165, 1.54) is 6.07 Å². The molecule has 2 aromatic rings.